The Labute approximate surface area is 117 Å². The van der Waals surface area contributed by atoms with E-state index >= 15 is 0 Å². The zero-order valence-electron chi connectivity index (χ0n) is 10.6. The van der Waals surface area contributed by atoms with Gasteiger partial charge in [-0.25, -0.2) is 0 Å². The van der Waals surface area contributed by atoms with E-state index in [-0.39, 0.29) is 0 Å². The van der Waals surface area contributed by atoms with E-state index in [0.717, 1.165) is 17.1 Å². The first-order chi connectivity index (χ1) is 8.81. The molecule has 0 radical (unpaired) electrons. The van der Waals surface area contributed by atoms with E-state index in [1.165, 1.54) is 44.3 Å². The molecule has 1 aliphatic carbocycles. The molecule has 1 atom stereocenters. The van der Waals surface area contributed by atoms with Crippen LogP contribution in [-0.2, 0) is 6.54 Å². The number of rotatable bonds is 5. The fourth-order valence-electron chi connectivity index (χ4n) is 2.75. The molecule has 0 bridgehead atoms. The molecule has 1 saturated heterocycles. The monoisotopic (exact) mass is 309 g/mol. The summed E-state index contributed by atoms with van der Waals surface area (Å²) < 4.78 is 1.08. The van der Waals surface area contributed by atoms with Crippen LogP contribution in [0.25, 0.3) is 0 Å². The molecule has 2 fully saturated rings. The number of aromatic nitrogens is 1. The summed E-state index contributed by atoms with van der Waals surface area (Å²) in [5.41, 5.74) is 1.31. The van der Waals surface area contributed by atoms with Crippen molar-refractivity contribution in [3.8, 4) is 0 Å². The molecule has 3 nitrogen and oxygen atoms in total. The molecule has 1 saturated carbocycles. The smallest absolute Gasteiger partial charge is 0.0410 e. The highest BCUT2D eigenvalue weighted by molar-refractivity contribution is 9.10. The molecule has 2 heterocycles. The van der Waals surface area contributed by atoms with E-state index in [9.17, 15) is 0 Å². The Hall–Kier alpha value is -0.450. The van der Waals surface area contributed by atoms with Gasteiger partial charge in [0.2, 0.25) is 0 Å². The molecule has 0 spiro atoms. The van der Waals surface area contributed by atoms with Crippen LogP contribution in [-0.4, -0.2) is 35.1 Å². The van der Waals surface area contributed by atoms with Gasteiger partial charge in [-0.2, -0.15) is 0 Å². The second-order valence-electron chi connectivity index (χ2n) is 5.47. The molecule has 0 amide bonds. The molecule has 0 aromatic carbocycles. The van der Waals surface area contributed by atoms with Crippen molar-refractivity contribution in [3.63, 3.8) is 0 Å². The number of hydrogen-bond acceptors (Lipinski definition) is 3. The molecule has 98 valence electrons. The van der Waals surface area contributed by atoms with Gasteiger partial charge in [0, 0.05) is 42.0 Å². The number of nitrogens with zero attached hydrogens (tertiary/aromatic N) is 2. The summed E-state index contributed by atoms with van der Waals surface area (Å²) in [5.74, 6) is 0. The first-order valence-corrected chi connectivity index (χ1v) is 7.67. The zero-order valence-corrected chi connectivity index (χ0v) is 12.2. The molecule has 4 heteroatoms. The van der Waals surface area contributed by atoms with Crippen molar-refractivity contribution in [2.24, 2.45) is 0 Å². The van der Waals surface area contributed by atoms with Gasteiger partial charge in [0.15, 0.2) is 0 Å². The van der Waals surface area contributed by atoms with E-state index in [2.05, 4.69) is 37.2 Å². The van der Waals surface area contributed by atoms with Crippen molar-refractivity contribution in [3.05, 3.63) is 28.5 Å². The highest BCUT2D eigenvalue weighted by Gasteiger charge is 2.31. The van der Waals surface area contributed by atoms with Crippen molar-refractivity contribution in [2.45, 2.75) is 44.3 Å². The van der Waals surface area contributed by atoms with E-state index in [4.69, 9.17) is 0 Å². The molecule has 1 aromatic heterocycles. The second kappa shape index (κ2) is 5.68. The molecule has 18 heavy (non-hydrogen) atoms. The van der Waals surface area contributed by atoms with Crippen LogP contribution >= 0.6 is 15.9 Å². The normalized spacial score (nSPS) is 23.8. The molecule has 3 rings (SSSR count). The molecular weight excluding hydrogens is 290 g/mol. The quantitative estimate of drug-likeness (QED) is 0.906. The summed E-state index contributed by atoms with van der Waals surface area (Å²) in [6.45, 7) is 3.42. The first kappa shape index (κ1) is 12.6. The molecule has 1 aromatic rings. The maximum atomic E-state index is 4.26. The van der Waals surface area contributed by atoms with Crippen LogP contribution in [0, 0.1) is 0 Å². The van der Waals surface area contributed by atoms with Crippen molar-refractivity contribution in [1.29, 1.82) is 0 Å². The van der Waals surface area contributed by atoms with E-state index < -0.39 is 0 Å². The Kier molecular flexibility index (Phi) is 3.97. The second-order valence-corrected chi connectivity index (χ2v) is 6.38. The minimum absolute atomic E-state index is 0.700. The Bertz CT molecular complexity index is 400. The predicted octanol–water partition coefficient (Wildman–Crippen LogP) is 2.56. The lowest BCUT2D eigenvalue weighted by Crippen LogP contribution is -2.38. The number of nitrogens with one attached hydrogen (secondary N) is 1. The topological polar surface area (TPSA) is 28.2 Å². The van der Waals surface area contributed by atoms with Gasteiger partial charge in [-0.15, -0.1) is 0 Å². The minimum Gasteiger partial charge on any atom is -0.313 e. The lowest BCUT2D eigenvalue weighted by Gasteiger charge is -2.25. The summed E-state index contributed by atoms with van der Waals surface area (Å²) in [5, 5.41) is 3.60. The molecule has 1 unspecified atom stereocenters. The number of pyridine rings is 1. The summed E-state index contributed by atoms with van der Waals surface area (Å²) in [6, 6.07) is 3.70. The summed E-state index contributed by atoms with van der Waals surface area (Å²) >= 11 is 3.50. The third-order valence-electron chi connectivity index (χ3n) is 3.83. The minimum atomic E-state index is 0.700. The Morgan fingerprint density at radius 3 is 2.89 bits per heavy atom. The predicted molar refractivity (Wildman–Crippen MR) is 76.4 cm³/mol. The molecular formula is C14H20BrN3. The zero-order chi connectivity index (χ0) is 12.4. The Balaban J connectivity index is 1.62. The summed E-state index contributed by atoms with van der Waals surface area (Å²) in [6.07, 6.45) is 9.25. The van der Waals surface area contributed by atoms with Gasteiger partial charge in [0.05, 0.1) is 0 Å². The third kappa shape index (κ3) is 3.31. The summed E-state index contributed by atoms with van der Waals surface area (Å²) in [4.78, 5) is 6.89. The highest BCUT2D eigenvalue weighted by atomic mass is 79.9. The van der Waals surface area contributed by atoms with Crippen molar-refractivity contribution in [2.75, 3.05) is 13.1 Å². The summed E-state index contributed by atoms with van der Waals surface area (Å²) in [7, 11) is 0. The maximum Gasteiger partial charge on any atom is 0.0410 e. The molecule has 1 aliphatic heterocycles. The average molecular weight is 310 g/mol. The van der Waals surface area contributed by atoms with Gasteiger partial charge in [0.1, 0.15) is 0 Å². The Morgan fingerprint density at radius 2 is 2.22 bits per heavy atom. The van der Waals surface area contributed by atoms with Gasteiger partial charge < -0.3 is 5.32 Å². The van der Waals surface area contributed by atoms with Crippen LogP contribution in [0.5, 0.6) is 0 Å². The van der Waals surface area contributed by atoms with Gasteiger partial charge in [-0.3, -0.25) is 9.88 Å². The van der Waals surface area contributed by atoms with E-state index in [0.29, 0.717) is 6.04 Å². The molecule has 2 aliphatic rings. The van der Waals surface area contributed by atoms with Gasteiger partial charge in [-0.05, 0) is 59.8 Å². The van der Waals surface area contributed by atoms with Crippen LogP contribution in [0.3, 0.4) is 0 Å². The van der Waals surface area contributed by atoms with Crippen LogP contribution in [0.15, 0.2) is 22.9 Å². The first-order valence-electron chi connectivity index (χ1n) is 6.88. The standard InChI is InChI=1S/C14H20BrN3/c15-12-6-11(7-16-8-12)9-18(14-3-4-14)10-13-2-1-5-17-13/h6-8,13-14,17H,1-5,9-10H2. The fourth-order valence-corrected chi connectivity index (χ4v) is 3.17. The van der Waals surface area contributed by atoms with Crippen LogP contribution in [0.2, 0.25) is 0 Å². The fraction of sp³-hybridized carbons (Fsp3) is 0.643. The van der Waals surface area contributed by atoms with E-state index in [1.807, 2.05) is 12.4 Å². The third-order valence-corrected chi connectivity index (χ3v) is 4.26. The largest absolute Gasteiger partial charge is 0.313 e. The van der Waals surface area contributed by atoms with Gasteiger partial charge in [0.25, 0.3) is 0 Å². The number of halogens is 1. The lowest BCUT2D eigenvalue weighted by molar-refractivity contribution is 0.231. The number of hydrogen-bond donors (Lipinski definition) is 1. The maximum absolute atomic E-state index is 4.26. The van der Waals surface area contributed by atoms with Crippen molar-refractivity contribution in [1.82, 2.24) is 15.2 Å². The van der Waals surface area contributed by atoms with Crippen LogP contribution in [0.1, 0.15) is 31.2 Å². The van der Waals surface area contributed by atoms with Crippen LogP contribution < -0.4 is 5.32 Å². The van der Waals surface area contributed by atoms with E-state index in [1.54, 1.807) is 0 Å². The van der Waals surface area contributed by atoms with Gasteiger partial charge >= 0.3 is 0 Å². The highest BCUT2D eigenvalue weighted by Crippen LogP contribution is 2.29. The molecule has 1 N–H and O–H groups in total. The van der Waals surface area contributed by atoms with Crippen LogP contribution in [0.4, 0.5) is 0 Å². The lowest BCUT2D eigenvalue weighted by atomic mass is 10.2. The van der Waals surface area contributed by atoms with Gasteiger partial charge in [-0.1, -0.05) is 0 Å². The SMILES string of the molecule is Brc1cncc(CN(CC2CCCN2)C2CC2)c1. The average Bonchev–Trinajstić information content (AvgIpc) is 3.08. The Morgan fingerprint density at radius 1 is 1.33 bits per heavy atom. The van der Waals surface area contributed by atoms with Crippen molar-refractivity contribution < 1.29 is 0 Å². The van der Waals surface area contributed by atoms with Crippen molar-refractivity contribution >= 4 is 15.9 Å².